The molecule has 0 saturated carbocycles. The number of nitrogens with two attached hydrogens (primary N) is 1. The van der Waals surface area contributed by atoms with Gasteiger partial charge in [-0.1, -0.05) is 35.5 Å². The maximum absolute atomic E-state index is 6.03. The Morgan fingerprint density at radius 1 is 1.35 bits per heavy atom. The van der Waals surface area contributed by atoms with Crippen molar-refractivity contribution in [2.24, 2.45) is 11.7 Å². The van der Waals surface area contributed by atoms with Crippen LogP contribution in [0.2, 0.25) is 0 Å². The molecule has 1 aromatic carbocycles. The lowest BCUT2D eigenvalue weighted by Gasteiger charge is -2.33. The number of benzene rings is 1. The molecule has 2 atom stereocenters. The Morgan fingerprint density at radius 2 is 2.13 bits per heavy atom. The van der Waals surface area contributed by atoms with Crippen LogP contribution < -0.4 is 5.73 Å². The van der Waals surface area contributed by atoms with Crippen LogP contribution in [-0.4, -0.2) is 34.2 Å². The van der Waals surface area contributed by atoms with Crippen LogP contribution >= 0.6 is 12.4 Å². The van der Waals surface area contributed by atoms with E-state index in [4.69, 9.17) is 10.3 Å². The summed E-state index contributed by atoms with van der Waals surface area (Å²) in [5.41, 5.74) is 7.23. The van der Waals surface area contributed by atoms with Gasteiger partial charge in [-0.2, -0.15) is 4.98 Å². The first-order valence-electron chi connectivity index (χ1n) is 8.04. The molecular weight excluding hydrogens is 312 g/mol. The topological polar surface area (TPSA) is 68.2 Å². The Hall–Kier alpha value is -1.43. The summed E-state index contributed by atoms with van der Waals surface area (Å²) < 4.78 is 5.40. The van der Waals surface area contributed by atoms with Crippen molar-refractivity contribution in [1.82, 2.24) is 15.0 Å². The number of piperidine rings is 1. The minimum atomic E-state index is 0. The summed E-state index contributed by atoms with van der Waals surface area (Å²) in [5.74, 6) is 2.03. The molecule has 0 aliphatic carbocycles. The van der Waals surface area contributed by atoms with Crippen LogP contribution in [0.1, 0.15) is 37.0 Å². The molecule has 2 N–H and O–H groups in total. The highest BCUT2D eigenvalue weighted by molar-refractivity contribution is 5.85. The van der Waals surface area contributed by atoms with Gasteiger partial charge in [-0.15, -0.1) is 12.4 Å². The zero-order valence-corrected chi connectivity index (χ0v) is 14.3. The molecule has 0 bridgehead atoms. The molecule has 6 heteroatoms. The number of hydrogen-bond donors (Lipinski definition) is 1. The number of hydrogen-bond acceptors (Lipinski definition) is 5. The highest BCUT2D eigenvalue weighted by Crippen LogP contribution is 2.20. The molecule has 3 rings (SSSR count). The van der Waals surface area contributed by atoms with E-state index >= 15 is 0 Å². The summed E-state index contributed by atoms with van der Waals surface area (Å²) in [4.78, 5) is 6.89. The lowest BCUT2D eigenvalue weighted by molar-refractivity contribution is 0.139. The van der Waals surface area contributed by atoms with E-state index in [9.17, 15) is 0 Å². The third-order valence-electron chi connectivity index (χ3n) is 4.36. The lowest BCUT2D eigenvalue weighted by Crippen LogP contribution is -2.41. The maximum atomic E-state index is 6.03. The SMILES string of the molecule is CC(N)C1CCCN(Cc2nc(Cc3ccccc3)no2)C1.Cl. The Balaban J connectivity index is 0.00000192. The third-order valence-corrected chi connectivity index (χ3v) is 4.36. The molecule has 0 radical (unpaired) electrons. The van der Waals surface area contributed by atoms with Crippen molar-refractivity contribution >= 4 is 12.4 Å². The fourth-order valence-corrected chi connectivity index (χ4v) is 3.06. The van der Waals surface area contributed by atoms with Crippen molar-refractivity contribution in [2.45, 2.75) is 38.8 Å². The molecule has 126 valence electrons. The smallest absolute Gasteiger partial charge is 0.240 e. The second-order valence-corrected chi connectivity index (χ2v) is 6.26. The van der Waals surface area contributed by atoms with Crippen LogP contribution in [0.4, 0.5) is 0 Å². The summed E-state index contributed by atoms with van der Waals surface area (Å²) in [5, 5.41) is 4.09. The fraction of sp³-hybridized carbons (Fsp3) is 0.529. The second-order valence-electron chi connectivity index (χ2n) is 6.26. The largest absolute Gasteiger partial charge is 0.338 e. The average Bonchev–Trinajstić information content (AvgIpc) is 2.95. The van der Waals surface area contributed by atoms with E-state index in [-0.39, 0.29) is 18.4 Å². The van der Waals surface area contributed by atoms with E-state index in [1.54, 1.807) is 0 Å². The van der Waals surface area contributed by atoms with E-state index in [1.165, 1.54) is 18.4 Å². The van der Waals surface area contributed by atoms with Gasteiger partial charge in [0.05, 0.1) is 6.54 Å². The standard InChI is InChI=1S/C17H24N4O.ClH/c1-13(18)15-8-5-9-21(11-15)12-17-19-16(20-22-17)10-14-6-3-2-4-7-14;/h2-4,6-7,13,15H,5,8-12,18H2,1H3;1H. The molecule has 23 heavy (non-hydrogen) atoms. The molecule has 1 aliphatic heterocycles. The fourth-order valence-electron chi connectivity index (χ4n) is 3.06. The van der Waals surface area contributed by atoms with Gasteiger partial charge >= 0.3 is 0 Å². The van der Waals surface area contributed by atoms with Gasteiger partial charge in [0, 0.05) is 19.0 Å². The van der Waals surface area contributed by atoms with Crippen LogP contribution in [-0.2, 0) is 13.0 Å². The quantitative estimate of drug-likeness (QED) is 0.909. The highest BCUT2D eigenvalue weighted by atomic mass is 35.5. The van der Waals surface area contributed by atoms with Crippen molar-refractivity contribution < 1.29 is 4.52 Å². The Morgan fingerprint density at radius 3 is 2.87 bits per heavy atom. The van der Waals surface area contributed by atoms with Crippen LogP contribution in [0.25, 0.3) is 0 Å². The first-order valence-corrected chi connectivity index (χ1v) is 8.04. The van der Waals surface area contributed by atoms with E-state index in [0.29, 0.717) is 18.2 Å². The van der Waals surface area contributed by atoms with Crippen LogP contribution in [0, 0.1) is 5.92 Å². The van der Waals surface area contributed by atoms with Crippen LogP contribution in [0.5, 0.6) is 0 Å². The van der Waals surface area contributed by atoms with E-state index in [2.05, 4.69) is 34.1 Å². The van der Waals surface area contributed by atoms with Crippen molar-refractivity contribution in [1.29, 1.82) is 0 Å². The highest BCUT2D eigenvalue weighted by Gasteiger charge is 2.24. The van der Waals surface area contributed by atoms with Crippen LogP contribution in [0.3, 0.4) is 0 Å². The first-order chi connectivity index (χ1) is 10.7. The summed E-state index contributed by atoms with van der Waals surface area (Å²) in [6.07, 6.45) is 3.13. The van der Waals surface area contributed by atoms with E-state index in [1.807, 2.05) is 18.2 Å². The minimum absolute atomic E-state index is 0. The number of aromatic nitrogens is 2. The Kier molecular flexibility index (Phi) is 6.57. The van der Waals surface area contributed by atoms with Gasteiger partial charge in [0.2, 0.25) is 5.89 Å². The van der Waals surface area contributed by atoms with Gasteiger partial charge in [-0.3, -0.25) is 4.90 Å². The molecule has 5 nitrogen and oxygen atoms in total. The average molecular weight is 337 g/mol. The molecule has 1 aromatic heterocycles. The summed E-state index contributed by atoms with van der Waals surface area (Å²) in [6, 6.07) is 10.5. The molecule has 1 aliphatic rings. The predicted molar refractivity (Wildman–Crippen MR) is 92.4 cm³/mol. The summed E-state index contributed by atoms with van der Waals surface area (Å²) >= 11 is 0. The van der Waals surface area contributed by atoms with Gasteiger partial charge in [-0.25, -0.2) is 0 Å². The first kappa shape index (κ1) is 17.9. The van der Waals surface area contributed by atoms with Gasteiger partial charge in [0.1, 0.15) is 0 Å². The van der Waals surface area contributed by atoms with Crippen molar-refractivity contribution in [2.75, 3.05) is 13.1 Å². The molecule has 1 fully saturated rings. The van der Waals surface area contributed by atoms with Crippen molar-refractivity contribution in [3.8, 4) is 0 Å². The molecular formula is C17H25ClN4O. The summed E-state index contributed by atoms with van der Waals surface area (Å²) in [6.45, 7) is 4.93. The summed E-state index contributed by atoms with van der Waals surface area (Å²) in [7, 11) is 0. The van der Waals surface area contributed by atoms with Crippen molar-refractivity contribution in [3.05, 3.63) is 47.6 Å². The van der Waals surface area contributed by atoms with Crippen molar-refractivity contribution in [3.63, 3.8) is 0 Å². The van der Waals surface area contributed by atoms with E-state index < -0.39 is 0 Å². The molecule has 2 aromatic rings. The zero-order chi connectivity index (χ0) is 15.4. The van der Waals surface area contributed by atoms with Crippen LogP contribution in [0.15, 0.2) is 34.9 Å². The predicted octanol–water partition coefficient (Wildman–Crippen LogP) is 2.64. The number of likely N-dealkylation sites (tertiary alicyclic amines) is 1. The zero-order valence-electron chi connectivity index (χ0n) is 13.5. The number of nitrogens with zero attached hydrogens (tertiary/aromatic N) is 3. The Labute approximate surface area is 143 Å². The molecule has 0 spiro atoms. The monoisotopic (exact) mass is 336 g/mol. The van der Waals surface area contributed by atoms with Gasteiger partial charge < -0.3 is 10.3 Å². The normalized spacial score (nSPS) is 20.0. The Bertz CT molecular complexity index is 587. The van der Waals surface area contributed by atoms with Gasteiger partial charge in [0.15, 0.2) is 5.82 Å². The van der Waals surface area contributed by atoms with Gasteiger partial charge in [-0.05, 0) is 37.8 Å². The lowest BCUT2D eigenvalue weighted by atomic mass is 9.92. The molecule has 2 unspecified atom stereocenters. The third kappa shape index (κ3) is 5.03. The molecule has 2 heterocycles. The van der Waals surface area contributed by atoms with E-state index in [0.717, 1.165) is 25.5 Å². The number of halogens is 1. The molecule has 1 saturated heterocycles. The maximum Gasteiger partial charge on any atom is 0.240 e. The molecule has 0 amide bonds. The number of rotatable bonds is 5. The van der Waals surface area contributed by atoms with Gasteiger partial charge in [0.25, 0.3) is 0 Å². The second kappa shape index (κ2) is 8.43. The minimum Gasteiger partial charge on any atom is -0.338 e.